The van der Waals surface area contributed by atoms with Gasteiger partial charge in [-0.2, -0.15) is 0 Å². The minimum absolute atomic E-state index is 1.11. The number of aryl methyl sites for hydroxylation is 5. The fourth-order valence-electron chi connectivity index (χ4n) is 4.48. The molecule has 0 radical (unpaired) electrons. The Morgan fingerprint density at radius 2 is 1.38 bits per heavy atom. The zero-order chi connectivity index (χ0) is 20.9. The fourth-order valence-corrected chi connectivity index (χ4v) is 4.48. The van der Waals surface area contributed by atoms with Crippen molar-refractivity contribution in [1.29, 1.82) is 0 Å². The summed E-state index contributed by atoms with van der Waals surface area (Å²) in [4.78, 5) is 5.13. The molecule has 1 nitrogen and oxygen atoms in total. The Hall–Kier alpha value is -2.87. The summed E-state index contributed by atoms with van der Waals surface area (Å²) in [6.45, 7) is 13.2. The normalized spacial score (nSPS) is 11.2. The predicted molar refractivity (Wildman–Crippen MR) is 129 cm³/mol. The maximum absolute atomic E-state index is 5.13. The molecular formula is C27H28BN. The molecule has 4 rings (SSSR count). The summed E-state index contributed by atoms with van der Waals surface area (Å²) in [5.74, 6) is 0. The summed E-state index contributed by atoms with van der Waals surface area (Å²) in [5, 5.41) is 2.59. The molecule has 2 heteroatoms. The van der Waals surface area contributed by atoms with E-state index >= 15 is 0 Å². The highest BCUT2D eigenvalue weighted by molar-refractivity contribution is 6.33. The average molecular weight is 377 g/mol. The highest BCUT2D eigenvalue weighted by atomic mass is 14.7. The maximum Gasteiger partial charge on any atom is 0.164 e. The first-order valence-corrected chi connectivity index (χ1v) is 10.3. The molecular weight excluding hydrogens is 349 g/mol. The maximum atomic E-state index is 5.13. The molecule has 0 aliphatic heterocycles. The first-order chi connectivity index (χ1) is 13.8. The smallest absolute Gasteiger partial charge is 0.164 e. The van der Waals surface area contributed by atoms with Gasteiger partial charge in [0.2, 0.25) is 0 Å². The van der Waals surface area contributed by atoms with E-state index in [1.807, 2.05) is 0 Å². The van der Waals surface area contributed by atoms with Crippen LogP contribution in [0, 0.1) is 41.5 Å². The van der Waals surface area contributed by atoms with Gasteiger partial charge >= 0.3 is 0 Å². The Labute approximate surface area is 175 Å². The van der Waals surface area contributed by atoms with E-state index in [2.05, 4.69) is 97.9 Å². The lowest BCUT2D eigenvalue weighted by atomic mass is 9.85. The van der Waals surface area contributed by atoms with Gasteiger partial charge in [-0.1, -0.05) is 48.0 Å². The molecule has 0 spiro atoms. The molecule has 1 aromatic heterocycles. The molecule has 4 aromatic rings. The molecule has 0 saturated carbocycles. The SMILES string of the molecule is Bc1nc(-c2cc(C)cc(C)c2C)c2c(C)c(-c3ccccc3C)ccc2c1C. The second-order valence-corrected chi connectivity index (χ2v) is 8.40. The third-order valence-electron chi connectivity index (χ3n) is 6.43. The molecule has 0 N–H and O–H groups in total. The highest BCUT2D eigenvalue weighted by Gasteiger charge is 2.18. The van der Waals surface area contributed by atoms with Crippen LogP contribution < -0.4 is 5.59 Å². The quantitative estimate of drug-likeness (QED) is 0.410. The lowest BCUT2D eigenvalue weighted by Crippen LogP contribution is -2.15. The summed E-state index contributed by atoms with van der Waals surface area (Å²) in [7, 11) is 2.13. The molecule has 0 saturated heterocycles. The topological polar surface area (TPSA) is 12.9 Å². The van der Waals surface area contributed by atoms with Crippen LogP contribution in [0.15, 0.2) is 48.5 Å². The van der Waals surface area contributed by atoms with Gasteiger partial charge in [-0.05, 0) is 97.5 Å². The van der Waals surface area contributed by atoms with Crippen molar-refractivity contribution in [1.82, 2.24) is 4.98 Å². The Morgan fingerprint density at radius 1 is 0.655 bits per heavy atom. The molecule has 0 amide bonds. The molecule has 0 bridgehead atoms. The van der Waals surface area contributed by atoms with E-state index < -0.39 is 0 Å². The van der Waals surface area contributed by atoms with Crippen molar-refractivity contribution in [3.63, 3.8) is 0 Å². The van der Waals surface area contributed by atoms with Gasteiger partial charge in [0.15, 0.2) is 7.85 Å². The second kappa shape index (κ2) is 7.19. The predicted octanol–water partition coefficient (Wildman–Crippen LogP) is 5.68. The molecule has 29 heavy (non-hydrogen) atoms. The van der Waals surface area contributed by atoms with Gasteiger partial charge < -0.3 is 0 Å². The van der Waals surface area contributed by atoms with E-state index in [9.17, 15) is 0 Å². The van der Waals surface area contributed by atoms with Crippen LogP contribution in [0.1, 0.15) is 33.4 Å². The number of hydrogen-bond donors (Lipinski definition) is 0. The zero-order valence-electron chi connectivity index (χ0n) is 18.6. The number of nitrogens with zero attached hydrogens (tertiary/aromatic N) is 1. The Balaban J connectivity index is 2.15. The zero-order valence-corrected chi connectivity index (χ0v) is 18.6. The monoisotopic (exact) mass is 377 g/mol. The molecule has 0 fully saturated rings. The fraction of sp³-hybridized carbons (Fsp3) is 0.222. The third kappa shape index (κ3) is 3.17. The average Bonchev–Trinajstić information content (AvgIpc) is 2.68. The number of aromatic nitrogens is 1. The number of benzene rings is 3. The number of rotatable bonds is 2. The largest absolute Gasteiger partial charge is 0.263 e. The number of hydrogen-bond acceptors (Lipinski definition) is 1. The van der Waals surface area contributed by atoms with Gasteiger partial charge in [0.05, 0.1) is 5.69 Å². The molecule has 0 aliphatic carbocycles. The van der Waals surface area contributed by atoms with Gasteiger partial charge in [0.25, 0.3) is 0 Å². The van der Waals surface area contributed by atoms with Crippen LogP contribution in [0.5, 0.6) is 0 Å². The van der Waals surface area contributed by atoms with Crippen LogP contribution in [-0.2, 0) is 0 Å². The van der Waals surface area contributed by atoms with Crippen LogP contribution in [0.25, 0.3) is 33.2 Å². The summed E-state index contributed by atoms with van der Waals surface area (Å²) >= 11 is 0. The van der Waals surface area contributed by atoms with E-state index in [0.29, 0.717) is 0 Å². The van der Waals surface area contributed by atoms with E-state index in [0.717, 1.165) is 11.3 Å². The van der Waals surface area contributed by atoms with E-state index in [1.165, 1.54) is 60.8 Å². The van der Waals surface area contributed by atoms with E-state index in [1.54, 1.807) is 0 Å². The van der Waals surface area contributed by atoms with Gasteiger partial charge in [0, 0.05) is 10.9 Å². The van der Waals surface area contributed by atoms with Crippen molar-refractivity contribution in [2.45, 2.75) is 41.5 Å². The summed E-state index contributed by atoms with van der Waals surface area (Å²) < 4.78 is 0. The van der Waals surface area contributed by atoms with Crippen molar-refractivity contribution in [2.75, 3.05) is 0 Å². The highest BCUT2D eigenvalue weighted by Crippen LogP contribution is 2.38. The van der Waals surface area contributed by atoms with Crippen LogP contribution in [0.4, 0.5) is 0 Å². The van der Waals surface area contributed by atoms with Gasteiger partial charge in [0.1, 0.15) is 0 Å². The minimum atomic E-state index is 1.11. The summed E-state index contributed by atoms with van der Waals surface area (Å²) in [5.41, 5.74) is 13.9. The summed E-state index contributed by atoms with van der Waals surface area (Å²) in [6.07, 6.45) is 0. The van der Waals surface area contributed by atoms with E-state index in [-0.39, 0.29) is 0 Å². The molecule has 0 atom stereocenters. The Morgan fingerprint density at radius 3 is 2.10 bits per heavy atom. The van der Waals surface area contributed by atoms with Crippen molar-refractivity contribution in [3.05, 3.63) is 81.9 Å². The first-order valence-electron chi connectivity index (χ1n) is 10.3. The van der Waals surface area contributed by atoms with Crippen LogP contribution in [-0.4, -0.2) is 12.8 Å². The second-order valence-electron chi connectivity index (χ2n) is 8.40. The van der Waals surface area contributed by atoms with Gasteiger partial charge in [-0.15, -0.1) is 0 Å². The molecule has 3 aromatic carbocycles. The Kier molecular flexibility index (Phi) is 4.82. The van der Waals surface area contributed by atoms with Crippen LogP contribution in [0.2, 0.25) is 0 Å². The van der Waals surface area contributed by atoms with Gasteiger partial charge in [-0.25, -0.2) is 0 Å². The summed E-state index contributed by atoms with van der Waals surface area (Å²) in [6, 6.07) is 17.8. The van der Waals surface area contributed by atoms with Crippen molar-refractivity contribution < 1.29 is 0 Å². The molecule has 1 heterocycles. The standard InChI is InChI=1S/C27H28BN/c1-15-13-17(3)18(4)24(14-15)26-25-19(5)22(21-10-8-7-9-16(21)2)11-12-23(25)20(6)27(28)29-26/h7-14H,28H2,1-6H3. The van der Waals surface area contributed by atoms with Crippen LogP contribution >= 0.6 is 0 Å². The lowest BCUT2D eigenvalue weighted by molar-refractivity contribution is 1.27. The molecule has 0 unspecified atom stereocenters. The van der Waals surface area contributed by atoms with Crippen molar-refractivity contribution >= 4 is 24.2 Å². The lowest BCUT2D eigenvalue weighted by Gasteiger charge is -2.19. The third-order valence-corrected chi connectivity index (χ3v) is 6.43. The number of pyridine rings is 1. The first kappa shape index (κ1) is 19.5. The van der Waals surface area contributed by atoms with Crippen molar-refractivity contribution in [3.8, 4) is 22.4 Å². The molecule has 144 valence electrons. The molecule has 0 aliphatic rings. The van der Waals surface area contributed by atoms with Crippen molar-refractivity contribution in [2.24, 2.45) is 0 Å². The van der Waals surface area contributed by atoms with E-state index in [4.69, 9.17) is 4.98 Å². The minimum Gasteiger partial charge on any atom is -0.263 e. The van der Waals surface area contributed by atoms with Gasteiger partial charge in [-0.3, -0.25) is 4.98 Å². The Bertz CT molecular complexity index is 1270. The number of fused-ring (bicyclic) bond motifs is 1. The van der Waals surface area contributed by atoms with Crippen LogP contribution in [0.3, 0.4) is 0 Å².